The Bertz CT molecular complexity index is 3370. The van der Waals surface area contributed by atoms with Gasteiger partial charge in [0.25, 0.3) is 20.2 Å². The summed E-state index contributed by atoms with van der Waals surface area (Å²) in [5.74, 6) is -7.32. The first-order chi connectivity index (χ1) is 52.4. The first-order valence-electron chi connectivity index (χ1n) is 38.7. The van der Waals surface area contributed by atoms with E-state index in [1.54, 1.807) is 159 Å². The summed E-state index contributed by atoms with van der Waals surface area (Å²) in [5, 5.41) is 7.45. The summed E-state index contributed by atoms with van der Waals surface area (Å²) >= 11 is 0. The van der Waals surface area contributed by atoms with Crippen molar-refractivity contribution in [1.82, 2.24) is 55.1 Å². The Hall–Kier alpha value is -6.95. The third-order valence-electron chi connectivity index (χ3n) is 16.1. The number of Topliss-reactive ketones (excluding diaryl/α,β-unsaturated/α-hetero) is 2. The van der Waals surface area contributed by atoms with E-state index in [0.29, 0.717) is 65.4 Å². The molecule has 2 saturated heterocycles. The Morgan fingerprint density at radius 3 is 0.825 bits per heavy atom. The van der Waals surface area contributed by atoms with E-state index in [9.17, 15) is 78.7 Å². The van der Waals surface area contributed by atoms with Gasteiger partial charge in [-0.05, 0) is 150 Å². The number of hydrogen-bond acceptors (Lipinski definition) is 31. The highest BCUT2D eigenvalue weighted by Gasteiger charge is 2.33. The van der Waals surface area contributed by atoms with Gasteiger partial charge in [-0.15, -0.1) is 0 Å². The van der Waals surface area contributed by atoms with Crippen molar-refractivity contribution in [3.8, 4) is 0 Å². The average Bonchev–Trinajstić information content (AvgIpc) is 0.876. The van der Waals surface area contributed by atoms with Gasteiger partial charge < -0.3 is 54.8 Å². The molecule has 2 heterocycles. The summed E-state index contributed by atoms with van der Waals surface area (Å²) in [6, 6.07) is 5.98. The van der Waals surface area contributed by atoms with Crippen LogP contribution in [0.2, 0.25) is 0 Å². The summed E-state index contributed by atoms with van der Waals surface area (Å²) in [6.07, 6.45) is -0.640. The molecule has 2 fully saturated rings. The SMILES string of the molecule is CC(C)(C)OC(=O)CN1CCN(CC(=O)N[C@@H](CS(=O)(=O)O)C(=O)CCCN)CCN(CC(=O)OC(C)(C)C)CCN(CC(=O)OC(C)(C)C)CC1.CC(C)(C)OC(=O)CN1CCN(CC(=O)N[C@@H](CS(=O)(=O)O)C(=O)CCCNC(=O)OCc2ccccc2)CCN(CC(=O)OC(C)(C)C)CCN(CC(=O)OC(C)(C)C)CC1. The molecule has 2 aliphatic heterocycles. The Labute approximate surface area is 675 Å². The van der Waals surface area contributed by atoms with E-state index in [0.717, 1.165) is 5.56 Å². The lowest BCUT2D eigenvalue weighted by molar-refractivity contribution is -0.158. The molecule has 654 valence electrons. The van der Waals surface area contributed by atoms with Crippen LogP contribution in [0.15, 0.2) is 30.3 Å². The fraction of sp³-hybridized carbons (Fsp3) is 0.776. The van der Waals surface area contributed by atoms with Crippen LogP contribution in [0.5, 0.6) is 0 Å². The van der Waals surface area contributed by atoms with Crippen LogP contribution in [-0.2, 0) is 108 Å². The van der Waals surface area contributed by atoms with Gasteiger partial charge >= 0.3 is 41.9 Å². The molecule has 0 aliphatic carbocycles. The average molecular weight is 1660 g/mol. The molecule has 3 amide bonds. The van der Waals surface area contributed by atoms with Crippen LogP contribution in [0, 0.1) is 0 Å². The standard InChI is InChI=1S/C42H70N6O13S.C34H64N6O11S/c1-40(2,3)59-36(51)27-46-20-18-45(19-21-47(28-37(52)60-41(4,5)6)23-25-48(24-22-46)29-38(53)61-42(7,8)9)26-35(50)44-33(31-62(55,56)57)34(49)16-13-17-43-39(54)58-30-32-14-11-10-12-15-32;1-32(2,3)49-29(43)22-38-15-13-37(21-28(42)36-26(25-52(46,47)48)27(41)11-10-12-35)14-16-39(23-30(44)50-33(4,5)6)18-20-40(19-17-38)24-31(45)51-34(7,8)9/h10-12,14-15,33H,13,16-31H2,1-9H3,(H,43,54)(H,44,50)(H,55,56,57);26H,10-25,35H2,1-9H3,(H,36,42)(H,46,47,48)/t33-;26-/m00/s1. The lowest BCUT2D eigenvalue weighted by Crippen LogP contribution is -2.52. The molecule has 1 aromatic rings. The molecule has 3 rings (SSSR count). The number of nitrogens with two attached hydrogens (primary N) is 1. The molecule has 0 bridgehead atoms. The predicted molar refractivity (Wildman–Crippen MR) is 425 cm³/mol. The molecule has 2 aliphatic rings. The van der Waals surface area contributed by atoms with Gasteiger partial charge in [0.15, 0.2) is 11.6 Å². The van der Waals surface area contributed by atoms with Gasteiger partial charge in [0, 0.05) is 124 Å². The van der Waals surface area contributed by atoms with E-state index >= 15 is 0 Å². The number of hydrogen-bond donors (Lipinski definition) is 6. The van der Waals surface area contributed by atoms with Crippen molar-refractivity contribution >= 4 is 85.5 Å². The van der Waals surface area contributed by atoms with Crippen molar-refractivity contribution in [2.24, 2.45) is 5.73 Å². The summed E-state index contributed by atoms with van der Waals surface area (Å²) in [5.41, 5.74) is 1.98. The van der Waals surface area contributed by atoms with Crippen LogP contribution < -0.4 is 21.7 Å². The maximum Gasteiger partial charge on any atom is 0.407 e. The number of carbonyl (C=O) groups is 11. The van der Waals surface area contributed by atoms with E-state index in [-0.39, 0.29) is 137 Å². The largest absolute Gasteiger partial charge is 0.459 e. The van der Waals surface area contributed by atoms with Gasteiger partial charge in [-0.25, -0.2) is 4.79 Å². The van der Waals surface area contributed by atoms with Gasteiger partial charge in [0.05, 0.1) is 52.4 Å². The van der Waals surface area contributed by atoms with Crippen molar-refractivity contribution in [3.05, 3.63) is 35.9 Å². The number of amides is 3. The summed E-state index contributed by atoms with van der Waals surface area (Å²) in [4.78, 5) is 157. The van der Waals surface area contributed by atoms with Crippen molar-refractivity contribution in [1.29, 1.82) is 0 Å². The zero-order chi connectivity index (χ0) is 86.6. The number of esters is 6. The monoisotopic (exact) mass is 1660 g/mol. The molecule has 0 aromatic heterocycles. The minimum absolute atomic E-state index is 0.0150. The molecule has 2 atom stereocenters. The highest BCUT2D eigenvalue weighted by molar-refractivity contribution is 7.86. The summed E-state index contributed by atoms with van der Waals surface area (Å²) in [7, 11) is -9.31. The third kappa shape index (κ3) is 54.1. The van der Waals surface area contributed by atoms with E-state index in [1.807, 2.05) is 35.5 Å². The Morgan fingerprint density at radius 1 is 0.377 bits per heavy atom. The fourth-order valence-corrected chi connectivity index (χ4v) is 12.7. The normalized spacial score (nSPS) is 17.0. The smallest absolute Gasteiger partial charge is 0.407 e. The van der Waals surface area contributed by atoms with Crippen LogP contribution in [0.4, 0.5) is 4.79 Å². The van der Waals surface area contributed by atoms with E-state index in [4.69, 9.17) is 38.9 Å². The second-order valence-electron chi connectivity index (χ2n) is 34.4. The molecule has 38 heteroatoms. The van der Waals surface area contributed by atoms with Crippen molar-refractivity contribution < 1.29 is 112 Å². The van der Waals surface area contributed by atoms with Gasteiger partial charge in [-0.3, -0.25) is 96.3 Å². The van der Waals surface area contributed by atoms with Gasteiger partial charge in [0.1, 0.15) is 63.8 Å². The quantitative estimate of drug-likeness (QED) is 0.0253. The van der Waals surface area contributed by atoms with Crippen LogP contribution in [0.25, 0.3) is 0 Å². The Balaban J connectivity index is 0.000000786. The van der Waals surface area contributed by atoms with Gasteiger partial charge in [-0.1, -0.05) is 30.3 Å². The highest BCUT2D eigenvalue weighted by atomic mass is 32.2. The minimum atomic E-state index is -4.71. The number of nitrogens with one attached hydrogen (secondary N) is 3. The summed E-state index contributed by atoms with van der Waals surface area (Å²) < 4.78 is 105. The number of ketones is 2. The highest BCUT2D eigenvalue weighted by Crippen LogP contribution is 2.16. The van der Waals surface area contributed by atoms with Crippen LogP contribution in [0.3, 0.4) is 0 Å². The van der Waals surface area contributed by atoms with Crippen molar-refractivity contribution in [2.75, 3.05) is 182 Å². The zero-order valence-electron chi connectivity index (χ0n) is 70.7. The van der Waals surface area contributed by atoms with E-state index in [2.05, 4.69) is 16.0 Å². The molecule has 0 unspecified atom stereocenters. The lowest BCUT2D eigenvalue weighted by atomic mass is 10.1. The van der Waals surface area contributed by atoms with E-state index < -0.39 is 143 Å². The molecule has 0 radical (unpaired) electrons. The van der Waals surface area contributed by atoms with Crippen LogP contribution in [0.1, 0.15) is 156 Å². The van der Waals surface area contributed by atoms with E-state index in [1.165, 1.54) is 0 Å². The summed E-state index contributed by atoms with van der Waals surface area (Å²) in [6.45, 7) is 36.0. The minimum Gasteiger partial charge on any atom is -0.459 e. The molecule has 7 N–H and O–H groups in total. The number of carbonyl (C=O) groups excluding carboxylic acids is 11. The third-order valence-corrected chi connectivity index (χ3v) is 17.7. The predicted octanol–water partition coefficient (Wildman–Crippen LogP) is 1.80. The Kier molecular flexibility index (Phi) is 44.0. The van der Waals surface area contributed by atoms with Crippen molar-refractivity contribution in [3.63, 3.8) is 0 Å². The lowest BCUT2D eigenvalue weighted by Gasteiger charge is -2.34. The van der Waals surface area contributed by atoms with Crippen molar-refractivity contribution in [2.45, 2.75) is 203 Å². The number of alkyl carbamates (subject to hydrolysis) is 1. The second-order valence-corrected chi connectivity index (χ2v) is 37.4. The second kappa shape index (κ2) is 48.7. The first-order valence-corrected chi connectivity index (χ1v) is 41.9. The number of rotatable bonds is 33. The first kappa shape index (κ1) is 103. The zero-order valence-corrected chi connectivity index (χ0v) is 72.4. The number of ether oxygens (including phenoxy) is 7. The molecule has 0 saturated carbocycles. The topological polar surface area (TPSA) is 449 Å². The maximum absolute atomic E-state index is 13.6. The van der Waals surface area contributed by atoms with Crippen LogP contribution in [-0.4, -0.2) is 358 Å². The molecular formula is C76H134N12O24S2. The molecule has 114 heavy (non-hydrogen) atoms. The molecule has 36 nitrogen and oxygen atoms in total. The maximum atomic E-state index is 13.6. The fourth-order valence-electron chi connectivity index (χ4n) is 11.3. The van der Waals surface area contributed by atoms with Crippen LogP contribution >= 0.6 is 0 Å². The molecule has 1 aromatic carbocycles. The molecule has 0 spiro atoms. The number of benzene rings is 1. The van der Waals surface area contributed by atoms with Gasteiger partial charge in [-0.2, -0.15) is 16.8 Å². The number of nitrogens with zero attached hydrogens (tertiary/aromatic N) is 8. The Morgan fingerprint density at radius 2 is 0.605 bits per heavy atom. The van der Waals surface area contributed by atoms with Gasteiger partial charge in [0.2, 0.25) is 11.8 Å². The molecular weight excluding hydrogens is 1530 g/mol.